The molecular formula is C21H22N2O2. The van der Waals surface area contributed by atoms with Crippen LogP contribution in [-0.4, -0.2) is 11.8 Å². The summed E-state index contributed by atoms with van der Waals surface area (Å²) in [5.41, 5.74) is 3.52. The van der Waals surface area contributed by atoms with Gasteiger partial charge in [-0.05, 0) is 55.7 Å². The molecule has 3 rings (SSSR count). The van der Waals surface area contributed by atoms with Crippen LogP contribution in [0.4, 0.5) is 11.4 Å². The van der Waals surface area contributed by atoms with Gasteiger partial charge in [-0.25, -0.2) is 0 Å². The third-order valence-electron chi connectivity index (χ3n) is 4.58. The molecule has 2 aromatic rings. The molecule has 2 amide bonds. The fraction of sp³-hybridized carbons (Fsp3) is 0.238. The maximum Gasteiger partial charge on any atom is 0.251 e. The Morgan fingerprint density at radius 1 is 1.16 bits per heavy atom. The SMILES string of the molecule is CC/C(=C\c1ccccc1)C(=O)Nc1ccc2c(c1)C(C)(C)C(=O)N2. The molecule has 1 aliphatic rings. The molecule has 0 aromatic heterocycles. The molecule has 0 radical (unpaired) electrons. The first-order valence-electron chi connectivity index (χ1n) is 8.44. The lowest BCUT2D eigenvalue weighted by Crippen LogP contribution is -2.27. The normalized spacial score (nSPS) is 15.5. The van der Waals surface area contributed by atoms with Crippen molar-refractivity contribution in [3.63, 3.8) is 0 Å². The maximum atomic E-state index is 12.6. The first kappa shape index (κ1) is 17.0. The zero-order valence-electron chi connectivity index (χ0n) is 14.7. The molecule has 0 spiro atoms. The summed E-state index contributed by atoms with van der Waals surface area (Å²) in [5, 5.41) is 5.82. The predicted molar refractivity (Wildman–Crippen MR) is 101 cm³/mol. The molecular weight excluding hydrogens is 312 g/mol. The van der Waals surface area contributed by atoms with Gasteiger partial charge in [0.2, 0.25) is 5.91 Å². The van der Waals surface area contributed by atoms with Gasteiger partial charge in [-0.15, -0.1) is 0 Å². The fourth-order valence-corrected chi connectivity index (χ4v) is 2.94. The number of amides is 2. The molecule has 25 heavy (non-hydrogen) atoms. The topological polar surface area (TPSA) is 58.2 Å². The lowest BCUT2D eigenvalue weighted by molar-refractivity contribution is -0.119. The Hall–Kier alpha value is -2.88. The van der Waals surface area contributed by atoms with E-state index in [2.05, 4.69) is 10.6 Å². The van der Waals surface area contributed by atoms with E-state index in [1.54, 1.807) is 0 Å². The van der Waals surface area contributed by atoms with Crippen LogP contribution < -0.4 is 10.6 Å². The summed E-state index contributed by atoms with van der Waals surface area (Å²) >= 11 is 0. The third kappa shape index (κ3) is 3.33. The van der Waals surface area contributed by atoms with E-state index in [9.17, 15) is 9.59 Å². The minimum absolute atomic E-state index is 0.0239. The van der Waals surface area contributed by atoms with E-state index in [-0.39, 0.29) is 11.8 Å². The summed E-state index contributed by atoms with van der Waals surface area (Å²) in [4.78, 5) is 24.6. The third-order valence-corrected chi connectivity index (χ3v) is 4.58. The molecule has 0 unspecified atom stereocenters. The Bertz CT molecular complexity index is 851. The smallest absolute Gasteiger partial charge is 0.251 e. The van der Waals surface area contributed by atoms with Gasteiger partial charge < -0.3 is 10.6 Å². The van der Waals surface area contributed by atoms with Crippen LogP contribution in [0.3, 0.4) is 0 Å². The second-order valence-corrected chi connectivity index (χ2v) is 6.73. The van der Waals surface area contributed by atoms with E-state index < -0.39 is 5.41 Å². The Labute approximate surface area is 148 Å². The Balaban J connectivity index is 1.83. The monoisotopic (exact) mass is 334 g/mol. The summed E-state index contributed by atoms with van der Waals surface area (Å²) in [5.74, 6) is -0.148. The highest BCUT2D eigenvalue weighted by Gasteiger charge is 2.38. The Morgan fingerprint density at radius 3 is 2.56 bits per heavy atom. The number of hydrogen-bond donors (Lipinski definition) is 2. The highest BCUT2D eigenvalue weighted by atomic mass is 16.2. The Morgan fingerprint density at radius 2 is 1.88 bits per heavy atom. The molecule has 0 fully saturated rings. The van der Waals surface area contributed by atoms with E-state index in [1.165, 1.54) is 0 Å². The number of carbonyl (C=O) groups is 2. The van der Waals surface area contributed by atoms with E-state index in [1.807, 2.05) is 75.4 Å². The van der Waals surface area contributed by atoms with Crippen molar-refractivity contribution >= 4 is 29.3 Å². The molecule has 1 heterocycles. The largest absolute Gasteiger partial charge is 0.325 e. The number of rotatable bonds is 4. The summed E-state index contributed by atoms with van der Waals surface area (Å²) in [7, 11) is 0. The molecule has 4 nitrogen and oxygen atoms in total. The average Bonchev–Trinajstić information content (AvgIpc) is 2.83. The van der Waals surface area contributed by atoms with Gasteiger partial charge in [-0.2, -0.15) is 0 Å². The van der Waals surface area contributed by atoms with Crippen molar-refractivity contribution in [1.29, 1.82) is 0 Å². The predicted octanol–water partition coefficient (Wildman–Crippen LogP) is 4.35. The first-order valence-corrected chi connectivity index (χ1v) is 8.44. The first-order chi connectivity index (χ1) is 11.9. The zero-order valence-corrected chi connectivity index (χ0v) is 14.7. The van der Waals surface area contributed by atoms with Crippen LogP contribution in [0.25, 0.3) is 6.08 Å². The van der Waals surface area contributed by atoms with Gasteiger partial charge in [0.1, 0.15) is 0 Å². The second-order valence-electron chi connectivity index (χ2n) is 6.73. The van der Waals surface area contributed by atoms with Crippen LogP contribution in [0.1, 0.15) is 38.3 Å². The molecule has 0 aliphatic carbocycles. The second kappa shape index (κ2) is 6.55. The van der Waals surface area contributed by atoms with Crippen molar-refractivity contribution in [3.05, 3.63) is 65.2 Å². The average molecular weight is 334 g/mol. The summed E-state index contributed by atoms with van der Waals surface area (Å²) in [6.45, 7) is 5.72. The lowest BCUT2D eigenvalue weighted by Gasteiger charge is -2.16. The molecule has 0 saturated heterocycles. The molecule has 0 bridgehead atoms. The number of nitrogens with one attached hydrogen (secondary N) is 2. The zero-order chi connectivity index (χ0) is 18.0. The van der Waals surface area contributed by atoms with Gasteiger partial charge in [0, 0.05) is 16.9 Å². The molecule has 2 aromatic carbocycles. The number of anilines is 2. The summed E-state index contributed by atoms with van der Waals surface area (Å²) in [6, 6.07) is 15.3. The van der Waals surface area contributed by atoms with Crippen molar-refractivity contribution < 1.29 is 9.59 Å². The van der Waals surface area contributed by atoms with Crippen LogP contribution in [-0.2, 0) is 15.0 Å². The molecule has 1 aliphatic heterocycles. The number of carbonyl (C=O) groups excluding carboxylic acids is 2. The highest BCUT2D eigenvalue weighted by Crippen LogP contribution is 2.38. The van der Waals surface area contributed by atoms with Gasteiger partial charge in [0.05, 0.1) is 5.41 Å². The van der Waals surface area contributed by atoms with Gasteiger partial charge in [-0.1, -0.05) is 37.3 Å². The molecule has 4 heteroatoms. The van der Waals surface area contributed by atoms with E-state index in [4.69, 9.17) is 0 Å². The minimum atomic E-state index is -0.594. The van der Waals surface area contributed by atoms with Crippen molar-refractivity contribution in [1.82, 2.24) is 0 Å². The van der Waals surface area contributed by atoms with Crippen LogP contribution in [0.5, 0.6) is 0 Å². The fourth-order valence-electron chi connectivity index (χ4n) is 2.94. The summed E-state index contributed by atoms with van der Waals surface area (Å²) in [6.07, 6.45) is 2.54. The van der Waals surface area contributed by atoms with Crippen molar-refractivity contribution in [2.24, 2.45) is 0 Å². The van der Waals surface area contributed by atoms with E-state index in [0.717, 1.165) is 16.8 Å². The number of benzene rings is 2. The van der Waals surface area contributed by atoms with Gasteiger partial charge in [0.25, 0.3) is 5.91 Å². The van der Waals surface area contributed by atoms with Gasteiger partial charge in [-0.3, -0.25) is 9.59 Å². The number of hydrogen-bond acceptors (Lipinski definition) is 2. The van der Waals surface area contributed by atoms with Crippen LogP contribution in [0.15, 0.2) is 54.1 Å². The van der Waals surface area contributed by atoms with Crippen molar-refractivity contribution in [2.75, 3.05) is 10.6 Å². The quantitative estimate of drug-likeness (QED) is 0.817. The standard InChI is InChI=1S/C21H22N2O2/c1-4-15(12-14-8-6-5-7-9-14)19(24)22-16-10-11-18-17(13-16)21(2,3)20(25)23-18/h5-13H,4H2,1-3H3,(H,22,24)(H,23,25)/b15-12+. The van der Waals surface area contributed by atoms with E-state index in [0.29, 0.717) is 17.7 Å². The van der Waals surface area contributed by atoms with Crippen LogP contribution in [0.2, 0.25) is 0 Å². The number of fused-ring (bicyclic) bond motifs is 1. The van der Waals surface area contributed by atoms with E-state index >= 15 is 0 Å². The van der Waals surface area contributed by atoms with Crippen LogP contribution in [0, 0.1) is 0 Å². The van der Waals surface area contributed by atoms with Crippen molar-refractivity contribution in [3.8, 4) is 0 Å². The molecule has 0 saturated carbocycles. The molecule has 128 valence electrons. The van der Waals surface area contributed by atoms with Crippen molar-refractivity contribution in [2.45, 2.75) is 32.6 Å². The van der Waals surface area contributed by atoms with Crippen LogP contribution >= 0.6 is 0 Å². The van der Waals surface area contributed by atoms with Gasteiger partial charge >= 0.3 is 0 Å². The minimum Gasteiger partial charge on any atom is -0.325 e. The highest BCUT2D eigenvalue weighted by molar-refractivity contribution is 6.08. The Kier molecular flexibility index (Phi) is 4.45. The lowest BCUT2D eigenvalue weighted by atomic mass is 9.86. The maximum absolute atomic E-state index is 12.6. The van der Waals surface area contributed by atoms with Gasteiger partial charge in [0.15, 0.2) is 0 Å². The molecule has 0 atom stereocenters. The molecule has 2 N–H and O–H groups in total. The summed E-state index contributed by atoms with van der Waals surface area (Å²) < 4.78 is 0.